The zero-order valence-corrected chi connectivity index (χ0v) is 11.3. The summed E-state index contributed by atoms with van der Waals surface area (Å²) in [5.41, 5.74) is 5.08. The highest BCUT2D eigenvalue weighted by Crippen LogP contribution is 2.22. The fourth-order valence-corrected chi connectivity index (χ4v) is 1.67. The van der Waals surface area contributed by atoms with E-state index in [1.165, 1.54) is 24.5 Å². The summed E-state index contributed by atoms with van der Waals surface area (Å²) in [6, 6.07) is 2.86. The van der Waals surface area contributed by atoms with E-state index in [9.17, 15) is 14.9 Å². The fraction of sp³-hybridized carbons (Fsp3) is 0.250. The first-order valence-corrected chi connectivity index (χ1v) is 6.27. The number of amides is 1. The van der Waals surface area contributed by atoms with Crippen LogP contribution in [0, 0.1) is 10.1 Å². The van der Waals surface area contributed by atoms with E-state index in [4.69, 9.17) is 5.73 Å². The van der Waals surface area contributed by atoms with Crippen LogP contribution in [0.15, 0.2) is 24.5 Å². The lowest BCUT2D eigenvalue weighted by Gasteiger charge is -2.07. The number of nitrogens with one attached hydrogen (secondary N) is 1. The third-order valence-electron chi connectivity index (χ3n) is 2.69. The first-order valence-electron chi connectivity index (χ1n) is 6.27. The first-order chi connectivity index (χ1) is 10.0. The minimum Gasteiger partial charge on any atom is -0.370 e. The number of hydrogen-bond donors (Lipinski definition) is 2. The Kier molecular flexibility index (Phi) is 4.12. The summed E-state index contributed by atoms with van der Waals surface area (Å²) in [4.78, 5) is 25.8. The number of hydrogen-bond acceptors (Lipinski definition) is 6. The van der Waals surface area contributed by atoms with Gasteiger partial charge >= 0.3 is 5.69 Å². The second-order valence-electron chi connectivity index (χ2n) is 4.26. The second kappa shape index (κ2) is 5.99. The van der Waals surface area contributed by atoms with Crippen molar-refractivity contribution in [1.82, 2.24) is 14.8 Å². The molecule has 9 heteroatoms. The molecule has 1 amide bonds. The van der Waals surface area contributed by atoms with Gasteiger partial charge in [-0.05, 0) is 12.5 Å². The average molecular weight is 290 g/mol. The number of pyridine rings is 1. The lowest BCUT2D eigenvalue weighted by molar-refractivity contribution is -0.384. The predicted molar refractivity (Wildman–Crippen MR) is 75.3 cm³/mol. The smallest absolute Gasteiger partial charge is 0.313 e. The van der Waals surface area contributed by atoms with Gasteiger partial charge in [0.25, 0.3) is 5.91 Å². The van der Waals surface area contributed by atoms with Crippen molar-refractivity contribution < 1.29 is 9.72 Å². The summed E-state index contributed by atoms with van der Waals surface area (Å²) in [5, 5.41) is 18.0. The molecule has 0 aliphatic rings. The van der Waals surface area contributed by atoms with Gasteiger partial charge in [-0.15, -0.1) is 0 Å². The molecule has 0 saturated heterocycles. The van der Waals surface area contributed by atoms with Crippen molar-refractivity contribution in [3.8, 4) is 5.82 Å². The van der Waals surface area contributed by atoms with Crippen molar-refractivity contribution in [2.24, 2.45) is 5.73 Å². The number of nitrogens with two attached hydrogens (primary N) is 1. The minimum absolute atomic E-state index is 0.0219. The molecular formula is C12H14N6O3. The zero-order chi connectivity index (χ0) is 15.4. The summed E-state index contributed by atoms with van der Waals surface area (Å²) >= 11 is 0. The zero-order valence-electron chi connectivity index (χ0n) is 11.3. The Balaban J connectivity index is 2.46. The van der Waals surface area contributed by atoms with Crippen LogP contribution in [0.1, 0.15) is 23.7 Å². The normalized spacial score (nSPS) is 10.3. The van der Waals surface area contributed by atoms with Gasteiger partial charge < -0.3 is 11.1 Å². The maximum absolute atomic E-state index is 11.1. The Morgan fingerprint density at radius 2 is 2.29 bits per heavy atom. The van der Waals surface area contributed by atoms with E-state index in [-0.39, 0.29) is 17.1 Å². The van der Waals surface area contributed by atoms with Crippen LogP contribution < -0.4 is 11.1 Å². The van der Waals surface area contributed by atoms with E-state index in [0.717, 1.165) is 11.1 Å². The predicted octanol–water partition coefficient (Wildman–Crippen LogP) is 1.10. The number of nitro groups is 1. The van der Waals surface area contributed by atoms with E-state index < -0.39 is 10.8 Å². The van der Waals surface area contributed by atoms with E-state index >= 15 is 0 Å². The largest absolute Gasteiger partial charge is 0.370 e. The highest BCUT2D eigenvalue weighted by Gasteiger charge is 2.19. The average Bonchev–Trinajstić information content (AvgIpc) is 2.94. The molecular weight excluding hydrogens is 276 g/mol. The van der Waals surface area contributed by atoms with Crippen LogP contribution in [0.5, 0.6) is 0 Å². The highest BCUT2D eigenvalue weighted by molar-refractivity contribution is 5.92. The third kappa shape index (κ3) is 3.14. The fourth-order valence-electron chi connectivity index (χ4n) is 1.67. The Morgan fingerprint density at radius 3 is 2.86 bits per heavy atom. The van der Waals surface area contributed by atoms with E-state index in [1.54, 1.807) is 0 Å². The maximum atomic E-state index is 11.1. The molecule has 110 valence electrons. The first kappa shape index (κ1) is 14.4. The van der Waals surface area contributed by atoms with Gasteiger partial charge in [-0.25, -0.2) is 9.67 Å². The molecule has 2 aromatic rings. The van der Waals surface area contributed by atoms with Crippen molar-refractivity contribution in [3.05, 3.63) is 40.2 Å². The van der Waals surface area contributed by atoms with Gasteiger partial charge in [-0.2, -0.15) is 5.10 Å². The van der Waals surface area contributed by atoms with Crippen molar-refractivity contribution in [2.75, 3.05) is 11.9 Å². The van der Waals surface area contributed by atoms with Crippen LogP contribution in [-0.4, -0.2) is 32.1 Å². The molecule has 0 atom stereocenters. The molecule has 0 radical (unpaired) electrons. The van der Waals surface area contributed by atoms with Gasteiger partial charge in [-0.3, -0.25) is 14.9 Å². The van der Waals surface area contributed by atoms with E-state index in [1.807, 2.05) is 6.92 Å². The number of anilines is 1. The van der Waals surface area contributed by atoms with Gasteiger partial charge in [0.2, 0.25) is 5.82 Å². The van der Waals surface area contributed by atoms with Crippen LogP contribution in [0.3, 0.4) is 0 Å². The van der Waals surface area contributed by atoms with Gasteiger partial charge in [0.05, 0.1) is 16.7 Å². The summed E-state index contributed by atoms with van der Waals surface area (Å²) in [6.45, 7) is 2.68. The van der Waals surface area contributed by atoms with Crippen LogP contribution >= 0.6 is 0 Å². The second-order valence-corrected chi connectivity index (χ2v) is 4.26. The number of carbonyl (C=O) groups excluding carboxylic acids is 1. The molecule has 0 unspecified atom stereocenters. The summed E-state index contributed by atoms with van der Waals surface area (Å²) in [5.74, 6) is -0.147. The molecule has 0 aliphatic heterocycles. The number of aromatic nitrogens is 3. The molecule has 9 nitrogen and oxygen atoms in total. The topological polar surface area (TPSA) is 129 Å². The lowest BCUT2D eigenvalue weighted by atomic mass is 10.3. The highest BCUT2D eigenvalue weighted by atomic mass is 16.6. The summed E-state index contributed by atoms with van der Waals surface area (Å²) in [7, 11) is 0. The quantitative estimate of drug-likeness (QED) is 0.605. The molecule has 3 N–H and O–H groups in total. The van der Waals surface area contributed by atoms with E-state index in [2.05, 4.69) is 15.4 Å². The summed E-state index contributed by atoms with van der Waals surface area (Å²) < 4.78 is 1.16. The standard InChI is InChI=1S/C12H14N6O3/c1-2-5-14-10-4-3-9(18(20)21)12(16-10)17-7-8(6-15-17)11(13)19/h3-4,6-7H,2,5H2,1H3,(H2,13,19)(H,14,16). The number of carbonyl (C=O) groups is 1. The Hall–Kier alpha value is -2.97. The molecule has 0 fully saturated rings. The number of rotatable bonds is 6. The summed E-state index contributed by atoms with van der Waals surface area (Å²) in [6.07, 6.45) is 3.43. The van der Waals surface area contributed by atoms with Crippen molar-refractivity contribution >= 4 is 17.4 Å². The Morgan fingerprint density at radius 1 is 1.52 bits per heavy atom. The van der Waals surface area contributed by atoms with Crippen molar-refractivity contribution in [2.45, 2.75) is 13.3 Å². The van der Waals surface area contributed by atoms with Gasteiger partial charge in [0, 0.05) is 18.8 Å². The van der Waals surface area contributed by atoms with Gasteiger partial charge in [-0.1, -0.05) is 6.92 Å². The third-order valence-corrected chi connectivity index (χ3v) is 2.69. The number of primary amides is 1. The van der Waals surface area contributed by atoms with Crippen LogP contribution in [0.4, 0.5) is 11.5 Å². The monoisotopic (exact) mass is 290 g/mol. The number of nitrogens with zero attached hydrogens (tertiary/aromatic N) is 4. The SMILES string of the molecule is CCCNc1ccc([N+](=O)[O-])c(-n2cc(C(N)=O)cn2)n1. The maximum Gasteiger partial charge on any atom is 0.313 e. The molecule has 0 aromatic carbocycles. The van der Waals surface area contributed by atoms with E-state index in [0.29, 0.717) is 12.4 Å². The van der Waals surface area contributed by atoms with Crippen LogP contribution in [0.25, 0.3) is 5.82 Å². The van der Waals surface area contributed by atoms with Gasteiger partial charge in [0.15, 0.2) is 0 Å². The molecule has 2 rings (SSSR count). The molecule has 21 heavy (non-hydrogen) atoms. The van der Waals surface area contributed by atoms with Gasteiger partial charge in [0.1, 0.15) is 5.82 Å². The molecule has 0 aliphatic carbocycles. The minimum atomic E-state index is -0.663. The van der Waals surface area contributed by atoms with Crippen molar-refractivity contribution in [3.63, 3.8) is 0 Å². The Labute approximate surface area is 119 Å². The molecule has 2 aromatic heterocycles. The molecule has 0 spiro atoms. The molecule has 0 bridgehead atoms. The van der Waals surface area contributed by atoms with Crippen LogP contribution in [-0.2, 0) is 0 Å². The molecule has 0 saturated carbocycles. The van der Waals surface area contributed by atoms with Crippen LogP contribution in [0.2, 0.25) is 0 Å². The van der Waals surface area contributed by atoms with Crippen molar-refractivity contribution in [1.29, 1.82) is 0 Å². The lowest BCUT2D eigenvalue weighted by Crippen LogP contribution is -2.10. The Bertz CT molecular complexity index is 681. The molecule has 2 heterocycles.